The Morgan fingerprint density at radius 1 is 1.06 bits per heavy atom. The summed E-state index contributed by atoms with van der Waals surface area (Å²) in [6.07, 6.45) is 6.08. The Bertz CT molecular complexity index is 1260. The quantitative estimate of drug-likeness (QED) is 0.374. The lowest BCUT2D eigenvalue weighted by Gasteiger charge is -2.14. The molecule has 0 aliphatic heterocycles. The lowest BCUT2D eigenvalue weighted by atomic mass is 10.1. The highest BCUT2D eigenvalue weighted by atomic mass is 19.3. The number of carbonyl (C=O) groups is 1. The molecular weight excluding hydrogens is 432 g/mol. The summed E-state index contributed by atoms with van der Waals surface area (Å²) in [5, 5.41) is 3.10. The Morgan fingerprint density at radius 2 is 1.79 bits per heavy atom. The summed E-state index contributed by atoms with van der Waals surface area (Å²) in [6.45, 7) is -2.63. The highest BCUT2D eigenvalue weighted by Gasteiger charge is 2.13. The minimum Gasteiger partial charge on any atom is -0.435 e. The largest absolute Gasteiger partial charge is 0.435 e. The number of nitrogens with two attached hydrogens (primary N) is 2. The van der Waals surface area contributed by atoms with E-state index in [9.17, 15) is 13.6 Å². The predicted molar refractivity (Wildman–Crippen MR) is 117 cm³/mol. The van der Waals surface area contributed by atoms with Crippen molar-refractivity contribution in [2.45, 2.75) is 13.2 Å². The molecule has 0 radical (unpaired) electrons. The number of primary amides is 1. The lowest BCUT2D eigenvalue weighted by molar-refractivity contribution is -0.0498. The topological polar surface area (TPSA) is 134 Å². The van der Waals surface area contributed by atoms with Crippen molar-refractivity contribution in [1.82, 2.24) is 19.5 Å². The molecule has 9 nitrogen and oxygen atoms in total. The number of halogens is 2. The maximum atomic E-state index is 12.3. The van der Waals surface area contributed by atoms with E-state index in [1.165, 1.54) is 24.7 Å². The Morgan fingerprint density at radius 3 is 2.42 bits per heavy atom. The van der Waals surface area contributed by atoms with Gasteiger partial charge in [-0.15, -0.1) is 0 Å². The molecule has 0 saturated carbocycles. The third-order valence-corrected chi connectivity index (χ3v) is 4.78. The van der Waals surface area contributed by atoms with E-state index in [1.54, 1.807) is 35.2 Å². The average Bonchev–Trinajstić information content (AvgIpc) is 3.30. The van der Waals surface area contributed by atoms with Crippen molar-refractivity contribution >= 4 is 17.5 Å². The number of amides is 1. The molecule has 0 atom stereocenters. The second-order valence-electron chi connectivity index (χ2n) is 6.88. The number of hydrogen-bond donors (Lipinski definition) is 3. The highest BCUT2D eigenvalue weighted by Crippen LogP contribution is 2.25. The van der Waals surface area contributed by atoms with E-state index < -0.39 is 12.5 Å². The number of imidazole rings is 1. The average molecular weight is 451 g/mol. The first kappa shape index (κ1) is 21.8. The van der Waals surface area contributed by atoms with Crippen molar-refractivity contribution in [3.63, 3.8) is 0 Å². The Balaban J connectivity index is 1.55. The predicted octanol–water partition coefficient (Wildman–Crippen LogP) is 3.23. The first-order valence-electron chi connectivity index (χ1n) is 9.74. The number of nitrogens with zero attached hydrogens (tertiary/aromatic N) is 4. The standard InChI is InChI=1S/C22H19F2N7O2/c23-21(24)33-17-5-2-13(3-6-17)15-9-28-22(29-10-15)30-16-4-1-14(8-25)18(7-16)31-12-27-11-19(31)20(26)32/h1-7,9-12,21H,8,25H2,(H2,26,32)(H,28,29,30). The van der Waals surface area contributed by atoms with E-state index >= 15 is 0 Å². The molecule has 2 aromatic carbocycles. The fourth-order valence-electron chi connectivity index (χ4n) is 3.21. The zero-order valence-corrected chi connectivity index (χ0v) is 17.2. The zero-order chi connectivity index (χ0) is 23.4. The van der Waals surface area contributed by atoms with Gasteiger partial charge in [0.25, 0.3) is 5.91 Å². The molecule has 11 heteroatoms. The molecular formula is C22H19F2N7O2. The van der Waals surface area contributed by atoms with E-state index in [0.29, 0.717) is 22.9 Å². The van der Waals surface area contributed by atoms with Crippen LogP contribution in [0.3, 0.4) is 0 Å². The van der Waals surface area contributed by atoms with Gasteiger partial charge in [0.05, 0.1) is 18.2 Å². The summed E-state index contributed by atoms with van der Waals surface area (Å²) < 4.78 is 30.5. The first-order valence-corrected chi connectivity index (χ1v) is 9.74. The highest BCUT2D eigenvalue weighted by molar-refractivity contribution is 5.91. The van der Waals surface area contributed by atoms with E-state index in [0.717, 1.165) is 11.1 Å². The fourth-order valence-corrected chi connectivity index (χ4v) is 3.21. The second kappa shape index (κ2) is 9.40. The Labute approximate surface area is 187 Å². The molecule has 0 unspecified atom stereocenters. The summed E-state index contributed by atoms with van der Waals surface area (Å²) >= 11 is 0. The summed E-state index contributed by atoms with van der Waals surface area (Å²) in [7, 11) is 0. The summed E-state index contributed by atoms with van der Waals surface area (Å²) in [4.78, 5) is 24.3. The van der Waals surface area contributed by atoms with Crippen molar-refractivity contribution in [1.29, 1.82) is 0 Å². The van der Waals surface area contributed by atoms with Crippen molar-refractivity contribution in [3.05, 3.63) is 78.6 Å². The molecule has 168 valence electrons. The van der Waals surface area contributed by atoms with Crippen LogP contribution < -0.4 is 21.5 Å². The van der Waals surface area contributed by atoms with Gasteiger partial charge in [-0.2, -0.15) is 8.78 Å². The van der Waals surface area contributed by atoms with E-state index in [1.807, 2.05) is 12.1 Å². The van der Waals surface area contributed by atoms with Crippen molar-refractivity contribution in [2.75, 3.05) is 5.32 Å². The minimum atomic E-state index is -2.87. The van der Waals surface area contributed by atoms with Crippen LogP contribution in [-0.4, -0.2) is 32.0 Å². The van der Waals surface area contributed by atoms with E-state index in [-0.39, 0.29) is 18.0 Å². The number of carbonyl (C=O) groups excluding carboxylic acids is 1. The van der Waals surface area contributed by atoms with Gasteiger partial charge < -0.3 is 21.5 Å². The molecule has 4 rings (SSSR count). The number of aromatic nitrogens is 4. The van der Waals surface area contributed by atoms with Crippen LogP contribution in [0, 0.1) is 0 Å². The summed E-state index contributed by atoms with van der Waals surface area (Å²) in [6, 6.07) is 11.6. The van der Waals surface area contributed by atoms with Gasteiger partial charge in [-0.05, 0) is 35.4 Å². The first-order chi connectivity index (χ1) is 15.9. The number of alkyl halides is 2. The van der Waals surface area contributed by atoms with Crippen LogP contribution >= 0.6 is 0 Å². The Hall–Kier alpha value is -4.38. The maximum Gasteiger partial charge on any atom is 0.387 e. The second-order valence-corrected chi connectivity index (χ2v) is 6.88. The number of anilines is 2. The SMILES string of the molecule is NCc1ccc(Nc2ncc(-c3ccc(OC(F)F)cc3)cn2)cc1-n1cncc1C(N)=O. The molecule has 0 aliphatic carbocycles. The molecule has 4 aromatic rings. The molecule has 0 spiro atoms. The molecule has 2 aromatic heterocycles. The van der Waals surface area contributed by atoms with Gasteiger partial charge in [0.1, 0.15) is 11.4 Å². The van der Waals surface area contributed by atoms with Crippen LogP contribution in [0.1, 0.15) is 16.1 Å². The molecule has 1 amide bonds. The molecule has 0 aliphatic rings. The summed E-state index contributed by atoms with van der Waals surface area (Å²) in [5.74, 6) is -0.202. The van der Waals surface area contributed by atoms with E-state index in [4.69, 9.17) is 11.5 Å². The van der Waals surface area contributed by atoms with Gasteiger partial charge in [0.15, 0.2) is 0 Å². The van der Waals surface area contributed by atoms with Crippen molar-refractivity contribution in [2.24, 2.45) is 11.5 Å². The molecule has 0 saturated heterocycles. The normalized spacial score (nSPS) is 10.9. The fraction of sp³-hybridized carbons (Fsp3) is 0.0909. The van der Waals surface area contributed by atoms with Crippen LogP contribution in [0.25, 0.3) is 16.8 Å². The molecule has 5 N–H and O–H groups in total. The number of hydrogen-bond acceptors (Lipinski definition) is 7. The number of rotatable bonds is 8. The van der Waals surface area contributed by atoms with Gasteiger partial charge in [-0.25, -0.2) is 15.0 Å². The van der Waals surface area contributed by atoms with Crippen LogP contribution in [0.5, 0.6) is 5.75 Å². The van der Waals surface area contributed by atoms with Crippen LogP contribution in [0.2, 0.25) is 0 Å². The van der Waals surface area contributed by atoms with Gasteiger partial charge in [-0.1, -0.05) is 18.2 Å². The maximum absolute atomic E-state index is 12.3. The molecule has 33 heavy (non-hydrogen) atoms. The lowest BCUT2D eigenvalue weighted by Crippen LogP contribution is -2.17. The number of benzene rings is 2. The summed E-state index contributed by atoms with van der Waals surface area (Å²) in [5.41, 5.74) is 15.1. The molecule has 0 fully saturated rings. The van der Waals surface area contributed by atoms with Crippen LogP contribution in [0.15, 0.2) is 67.4 Å². The number of ether oxygens (including phenoxy) is 1. The monoisotopic (exact) mass is 451 g/mol. The Kier molecular flexibility index (Phi) is 6.22. The minimum absolute atomic E-state index is 0.0714. The van der Waals surface area contributed by atoms with Crippen molar-refractivity contribution < 1.29 is 18.3 Å². The molecule has 2 heterocycles. The van der Waals surface area contributed by atoms with Gasteiger partial charge in [0, 0.05) is 30.2 Å². The van der Waals surface area contributed by atoms with E-state index in [2.05, 4.69) is 25.0 Å². The smallest absolute Gasteiger partial charge is 0.387 e. The number of nitrogens with one attached hydrogen (secondary N) is 1. The van der Waals surface area contributed by atoms with Gasteiger partial charge >= 0.3 is 6.61 Å². The zero-order valence-electron chi connectivity index (χ0n) is 17.2. The molecule has 0 bridgehead atoms. The third kappa shape index (κ3) is 4.93. The van der Waals surface area contributed by atoms with Gasteiger partial charge in [0.2, 0.25) is 5.95 Å². The van der Waals surface area contributed by atoms with Crippen LogP contribution in [0.4, 0.5) is 20.4 Å². The van der Waals surface area contributed by atoms with Crippen LogP contribution in [-0.2, 0) is 6.54 Å². The van der Waals surface area contributed by atoms with Crippen molar-refractivity contribution in [3.8, 4) is 22.6 Å². The third-order valence-electron chi connectivity index (χ3n) is 4.78. The van der Waals surface area contributed by atoms with Gasteiger partial charge in [-0.3, -0.25) is 9.36 Å².